The minimum absolute atomic E-state index is 0.0696. The highest BCUT2D eigenvalue weighted by molar-refractivity contribution is 4.90. The Bertz CT molecular complexity index is 763. The lowest BCUT2D eigenvalue weighted by atomic mass is 9.99. The number of aliphatic hydroxyl groups excluding tert-OH is 3. The monoisotopic (exact) mass is 580 g/mol. The molecule has 0 amide bonds. The van der Waals surface area contributed by atoms with Crippen molar-refractivity contribution in [3.05, 3.63) is 0 Å². The Kier molecular flexibility index (Phi) is 11.6. The van der Waals surface area contributed by atoms with Gasteiger partial charge in [0.1, 0.15) is 24.4 Å². The first-order chi connectivity index (χ1) is 19.0. The lowest BCUT2D eigenvalue weighted by Crippen LogP contribution is -2.57. The molecule has 0 aromatic rings. The first kappa shape index (κ1) is 32.4. The zero-order valence-corrected chi connectivity index (χ0v) is 24.5. The second-order valence-electron chi connectivity index (χ2n) is 11.2. The fourth-order valence-corrected chi connectivity index (χ4v) is 6.12. The van der Waals surface area contributed by atoms with Gasteiger partial charge < -0.3 is 62.7 Å². The van der Waals surface area contributed by atoms with Gasteiger partial charge in [0.2, 0.25) is 0 Å². The fraction of sp³-hybridized carbons (Fsp3) is 1.00. The van der Waals surface area contributed by atoms with Gasteiger partial charge in [-0.2, -0.15) is 0 Å². The maximum Gasteiger partial charge on any atom is 0.161 e. The molecule has 0 aromatic carbocycles. The first-order valence-electron chi connectivity index (χ1n) is 14.2. The summed E-state index contributed by atoms with van der Waals surface area (Å²) in [6.45, 7) is 7.31. The van der Waals surface area contributed by atoms with Crippen LogP contribution >= 0.6 is 0 Å². The molecule has 4 fully saturated rings. The topological polar surface area (TPSA) is 153 Å². The van der Waals surface area contributed by atoms with Crippen molar-refractivity contribution in [3.63, 3.8) is 0 Å². The molecule has 4 rings (SSSR count). The third kappa shape index (κ3) is 7.51. The molecule has 4 saturated heterocycles. The first-order valence-corrected chi connectivity index (χ1v) is 14.2. The highest BCUT2D eigenvalue weighted by Crippen LogP contribution is 2.34. The molecular formula is C27H48O13. The lowest BCUT2D eigenvalue weighted by Gasteiger charge is -2.46. The van der Waals surface area contributed by atoms with Gasteiger partial charge >= 0.3 is 0 Å². The predicted octanol–water partition coefficient (Wildman–Crippen LogP) is 0.441. The molecule has 4 aliphatic heterocycles. The van der Waals surface area contributed by atoms with E-state index in [-0.39, 0.29) is 30.8 Å². The zero-order valence-electron chi connectivity index (χ0n) is 24.5. The van der Waals surface area contributed by atoms with Crippen LogP contribution < -0.4 is 0 Å². The van der Waals surface area contributed by atoms with Crippen molar-refractivity contribution < 1.29 is 62.7 Å². The van der Waals surface area contributed by atoms with Gasteiger partial charge in [0.15, 0.2) is 25.2 Å². The molecular weight excluding hydrogens is 532 g/mol. The van der Waals surface area contributed by atoms with Crippen molar-refractivity contribution in [2.45, 2.75) is 152 Å². The molecule has 234 valence electrons. The summed E-state index contributed by atoms with van der Waals surface area (Å²) in [4.78, 5) is 0. The van der Waals surface area contributed by atoms with E-state index in [4.69, 9.17) is 47.4 Å². The molecule has 0 aromatic heterocycles. The van der Waals surface area contributed by atoms with Gasteiger partial charge in [0, 0.05) is 47.0 Å². The molecule has 0 unspecified atom stereocenters. The van der Waals surface area contributed by atoms with Crippen LogP contribution in [0.3, 0.4) is 0 Å². The van der Waals surface area contributed by atoms with E-state index in [0.29, 0.717) is 19.3 Å². The average molecular weight is 581 g/mol. The summed E-state index contributed by atoms with van der Waals surface area (Å²) in [6.07, 6.45) is -7.51. The van der Waals surface area contributed by atoms with Crippen molar-refractivity contribution in [3.8, 4) is 0 Å². The van der Waals surface area contributed by atoms with Crippen LogP contribution in [0.2, 0.25) is 0 Å². The molecule has 13 nitrogen and oxygen atoms in total. The summed E-state index contributed by atoms with van der Waals surface area (Å²) >= 11 is 0. The van der Waals surface area contributed by atoms with Crippen molar-refractivity contribution in [2.24, 2.45) is 0 Å². The summed E-state index contributed by atoms with van der Waals surface area (Å²) in [5, 5.41) is 30.4. The van der Waals surface area contributed by atoms with E-state index >= 15 is 0 Å². The lowest BCUT2D eigenvalue weighted by molar-refractivity contribution is -0.344. The highest BCUT2D eigenvalue weighted by Gasteiger charge is 2.47. The Morgan fingerprint density at radius 3 is 1.35 bits per heavy atom. The minimum Gasteiger partial charge on any atom is -0.390 e. The SMILES string of the molecule is CO[C@H]1C[C@H](O[C@@H]2[C@@H](C)O[C@@H](O[C@H]3[C@@H](O)C[C@H](O)O[C@@H]3C)C[C@H]2OC)O[C@H](C)[C@H]1O[C@H]1C[C@@H](OC)[C@H](O)[C@@H](C)O1. The zero-order chi connectivity index (χ0) is 29.1. The molecule has 0 spiro atoms. The Hall–Kier alpha value is -0.520. The Balaban J connectivity index is 1.33. The van der Waals surface area contributed by atoms with E-state index < -0.39 is 74.0 Å². The van der Waals surface area contributed by atoms with E-state index in [1.54, 1.807) is 35.2 Å². The van der Waals surface area contributed by atoms with Crippen molar-refractivity contribution in [2.75, 3.05) is 21.3 Å². The van der Waals surface area contributed by atoms with Crippen molar-refractivity contribution >= 4 is 0 Å². The van der Waals surface area contributed by atoms with Gasteiger partial charge in [-0.3, -0.25) is 0 Å². The smallest absolute Gasteiger partial charge is 0.161 e. The maximum atomic E-state index is 10.4. The number of hydrogen-bond acceptors (Lipinski definition) is 13. The summed E-state index contributed by atoms with van der Waals surface area (Å²) in [6, 6.07) is 0. The highest BCUT2D eigenvalue weighted by atomic mass is 16.8. The number of aliphatic hydroxyl groups is 3. The standard InChI is InChI=1S/C27H48O13/c1-12-24(30)17(31-5)9-21(35-12)39-26-15(4)37-23(11-19(26)33-7)40-27-14(3)36-22(10-18(27)32-6)38-25-13(2)34-20(29)8-16(25)28/h12-30H,8-11H2,1-7H3/t12-,13-,14-,15-,16+,17-,18-,19+,20-,21+,22+,23+,24-,25-,26-,27-/m1/s1. The molecule has 3 N–H and O–H groups in total. The van der Waals surface area contributed by atoms with Crippen LogP contribution in [0, 0.1) is 0 Å². The molecule has 16 atom stereocenters. The second kappa shape index (κ2) is 14.3. The van der Waals surface area contributed by atoms with Crippen LogP contribution in [0.1, 0.15) is 53.4 Å². The largest absolute Gasteiger partial charge is 0.390 e. The van der Waals surface area contributed by atoms with Crippen LogP contribution in [0.15, 0.2) is 0 Å². The molecule has 4 heterocycles. The average Bonchev–Trinajstić information content (AvgIpc) is 2.90. The van der Waals surface area contributed by atoms with Crippen LogP contribution in [0.25, 0.3) is 0 Å². The van der Waals surface area contributed by atoms with Crippen LogP contribution in [-0.2, 0) is 47.4 Å². The van der Waals surface area contributed by atoms with E-state index in [1.165, 1.54) is 0 Å². The maximum absolute atomic E-state index is 10.4. The Labute approximate surface area is 236 Å². The van der Waals surface area contributed by atoms with Crippen LogP contribution in [-0.4, -0.2) is 135 Å². The summed E-state index contributed by atoms with van der Waals surface area (Å²) in [7, 11) is 4.79. The second-order valence-corrected chi connectivity index (χ2v) is 11.2. The molecule has 0 bridgehead atoms. The van der Waals surface area contributed by atoms with Crippen molar-refractivity contribution in [1.29, 1.82) is 0 Å². The predicted molar refractivity (Wildman–Crippen MR) is 137 cm³/mol. The van der Waals surface area contributed by atoms with E-state index in [1.807, 2.05) is 13.8 Å². The number of methoxy groups -OCH3 is 3. The number of hydrogen-bond donors (Lipinski definition) is 3. The van der Waals surface area contributed by atoms with E-state index in [9.17, 15) is 15.3 Å². The summed E-state index contributed by atoms with van der Waals surface area (Å²) in [5.74, 6) is 0. The van der Waals surface area contributed by atoms with E-state index in [0.717, 1.165) is 0 Å². The third-order valence-corrected chi connectivity index (χ3v) is 8.39. The van der Waals surface area contributed by atoms with E-state index in [2.05, 4.69) is 0 Å². The van der Waals surface area contributed by atoms with Gasteiger partial charge in [-0.1, -0.05) is 0 Å². The number of ether oxygens (including phenoxy) is 10. The minimum atomic E-state index is -1.02. The molecule has 0 saturated carbocycles. The molecule has 0 aliphatic carbocycles. The fourth-order valence-electron chi connectivity index (χ4n) is 6.12. The van der Waals surface area contributed by atoms with Gasteiger partial charge in [0.25, 0.3) is 0 Å². The quantitative estimate of drug-likeness (QED) is 0.346. The van der Waals surface area contributed by atoms with Crippen LogP contribution in [0.4, 0.5) is 0 Å². The molecule has 40 heavy (non-hydrogen) atoms. The van der Waals surface area contributed by atoms with Gasteiger partial charge in [-0.25, -0.2) is 0 Å². The molecule has 0 radical (unpaired) electrons. The molecule has 4 aliphatic rings. The van der Waals surface area contributed by atoms with Gasteiger partial charge in [0.05, 0.1) is 48.8 Å². The third-order valence-electron chi connectivity index (χ3n) is 8.39. The molecule has 13 heteroatoms. The summed E-state index contributed by atoms with van der Waals surface area (Å²) < 4.78 is 59.3. The Morgan fingerprint density at radius 1 is 0.500 bits per heavy atom. The summed E-state index contributed by atoms with van der Waals surface area (Å²) in [5.41, 5.74) is 0. The normalized spacial score (nSPS) is 50.5. The van der Waals surface area contributed by atoms with Crippen molar-refractivity contribution in [1.82, 2.24) is 0 Å². The Morgan fingerprint density at radius 2 is 0.900 bits per heavy atom. The van der Waals surface area contributed by atoms with Crippen LogP contribution in [0.5, 0.6) is 0 Å². The van der Waals surface area contributed by atoms with Gasteiger partial charge in [-0.15, -0.1) is 0 Å². The van der Waals surface area contributed by atoms with Gasteiger partial charge in [-0.05, 0) is 27.7 Å². The number of rotatable bonds is 9.